The number of carbonyl (C=O) groups excluding carboxylic acids is 1. The molecule has 4 rings (SSSR count). The Kier molecular flexibility index (Phi) is 4.91. The van der Waals surface area contributed by atoms with Crippen LogP contribution in [0.15, 0.2) is 48.5 Å². The quantitative estimate of drug-likeness (QED) is 0.830. The summed E-state index contributed by atoms with van der Waals surface area (Å²) < 4.78 is 5.41. The molecule has 136 valence electrons. The molecule has 0 spiro atoms. The van der Waals surface area contributed by atoms with Gasteiger partial charge in [0.15, 0.2) is 0 Å². The van der Waals surface area contributed by atoms with Crippen LogP contribution in [0.1, 0.15) is 35.1 Å². The van der Waals surface area contributed by atoms with Gasteiger partial charge in [0.05, 0.1) is 25.2 Å². The van der Waals surface area contributed by atoms with E-state index in [4.69, 9.17) is 10.5 Å². The summed E-state index contributed by atoms with van der Waals surface area (Å²) in [4.78, 5) is 15.3. The largest absolute Gasteiger partial charge is 0.399 e. The van der Waals surface area contributed by atoms with Gasteiger partial charge in [-0.05, 0) is 41.8 Å². The molecule has 2 atom stereocenters. The molecule has 0 bridgehead atoms. The molecule has 1 saturated heterocycles. The molecule has 0 radical (unpaired) electrons. The van der Waals surface area contributed by atoms with E-state index in [9.17, 15) is 4.79 Å². The van der Waals surface area contributed by atoms with Crippen LogP contribution in [0.2, 0.25) is 0 Å². The molecule has 26 heavy (non-hydrogen) atoms. The number of nitrogens with one attached hydrogen (secondary N) is 1. The van der Waals surface area contributed by atoms with Crippen LogP contribution in [0, 0.1) is 0 Å². The summed E-state index contributed by atoms with van der Waals surface area (Å²) in [7, 11) is 0. The third-order valence-corrected chi connectivity index (χ3v) is 5.37. The molecule has 0 aromatic heterocycles. The minimum Gasteiger partial charge on any atom is -0.399 e. The summed E-state index contributed by atoms with van der Waals surface area (Å²) in [5.74, 6) is -0.00395. The molecule has 2 aromatic carbocycles. The first kappa shape index (κ1) is 17.1. The zero-order chi connectivity index (χ0) is 17.9. The van der Waals surface area contributed by atoms with Crippen LogP contribution in [-0.2, 0) is 9.53 Å². The summed E-state index contributed by atoms with van der Waals surface area (Å²) in [5, 5.41) is 3.22. The number of hydrogen-bond acceptors (Lipinski definition) is 4. The molecule has 5 heteroatoms. The number of ether oxygens (including phenoxy) is 1. The van der Waals surface area contributed by atoms with Gasteiger partial charge in [0.2, 0.25) is 5.91 Å². The molecule has 1 fully saturated rings. The normalized spacial score (nSPS) is 23.3. The van der Waals surface area contributed by atoms with Crippen molar-refractivity contribution in [2.75, 3.05) is 38.6 Å². The van der Waals surface area contributed by atoms with Crippen molar-refractivity contribution in [3.05, 3.63) is 65.2 Å². The van der Waals surface area contributed by atoms with Gasteiger partial charge in [0.25, 0.3) is 0 Å². The van der Waals surface area contributed by atoms with Crippen molar-refractivity contribution in [1.29, 1.82) is 0 Å². The number of nitrogen functional groups attached to an aromatic ring is 1. The van der Waals surface area contributed by atoms with E-state index >= 15 is 0 Å². The molecular weight excluding hydrogens is 326 g/mol. The molecule has 2 heterocycles. The average molecular weight is 351 g/mol. The smallest absolute Gasteiger partial charge is 0.228 e. The van der Waals surface area contributed by atoms with E-state index < -0.39 is 0 Å². The molecule has 3 N–H and O–H groups in total. The number of hydrogen-bond donors (Lipinski definition) is 2. The van der Waals surface area contributed by atoms with Crippen molar-refractivity contribution in [1.82, 2.24) is 10.2 Å². The standard InChI is InChI=1S/C21H25N3O2/c22-16-5-3-4-15(14-16)20-18-7-2-1-6-17(18)19(21(25)23-20)8-9-24-10-12-26-13-11-24/h1-7,14,19-20H,8-13,22H2,(H,23,25). The summed E-state index contributed by atoms with van der Waals surface area (Å²) >= 11 is 0. The van der Waals surface area contributed by atoms with E-state index in [0.29, 0.717) is 5.69 Å². The molecule has 0 aliphatic carbocycles. The number of amides is 1. The summed E-state index contributed by atoms with van der Waals surface area (Å²) in [6, 6.07) is 15.9. The van der Waals surface area contributed by atoms with E-state index in [1.807, 2.05) is 36.4 Å². The second-order valence-corrected chi connectivity index (χ2v) is 7.04. The van der Waals surface area contributed by atoms with Crippen LogP contribution in [0.4, 0.5) is 5.69 Å². The van der Waals surface area contributed by atoms with E-state index in [0.717, 1.165) is 50.4 Å². The van der Waals surface area contributed by atoms with Gasteiger partial charge < -0.3 is 15.8 Å². The zero-order valence-corrected chi connectivity index (χ0v) is 14.9. The lowest BCUT2D eigenvalue weighted by Gasteiger charge is -2.34. The van der Waals surface area contributed by atoms with Gasteiger partial charge >= 0.3 is 0 Å². The van der Waals surface area contributed by atoms with Crippen LogP contribution < -0.4 is 11.1 Å². The highest BCUT2D eigenvalue weighted by molar-refractivity contribution is 5.87. The van der Waals surface area contributed by atoms with Crippen LogP contribution in [-0.4, -0.2) is 43.7 Å². The van der Waals surface area contributed by atoms with Crippen molar-refractivity contribution < 1.29 is 9.53 Å². The van der Waals surface area contributed by atoms with Crippen molar-refractivity contribution in [2.45, 2.75) is 18.4 Å². The number of benzene rings is 2. The van der Waals surface area contributed by atoms with Gasteiger partial charge in [0.1, 0.15) is 0 Å². The lowest BCUT2D eigenvalue weighted by Crippen LogP contribution is -2.42. The number of anilines is 1. The van der Waals surface area contributed by atoms with Crippen molar-refractivity contribution in [2.24, 2.45) is 0 Å². The lowest BCUT2D eigenvalue weighted by molar-refractivity contribution is -0.124. The fourth-order valence-electron chi connectivity index (χ4n) is 3.98. The Morgan fingerprint density at radius 3 is 2.62 bits per heavy atom. The number of carbonyl (C=O) groups is 1. The Balaban J connectivity index is 1.58. The third kappa shape index (κ3) is 3.45. The molecular formula is C21H25N3O2. The van der Waals surface area contributed by atoms with Crippen LogP contribution >= 0.6 is 0 Å². The third-order valence-electron chi connectivity index (χ3n) is 5.37. The Bertz CT molecular complexity index is 786. The van der Waals surface area contributed by atoms with Gasteiger partial charge in [-0.1, -0.05) is 36.4 Å². The van der Waals surface area contributed by atoms with Gasteiger partial charge in [-0.3, -0.25) is 9.69 Å². The molecule has 0 saturated carbocycles. The van der Waals surface area contributed by atoms with E-state index in [1.54, 1.807) is 0 Å². The second-order valence-electron chi connectivity index (χ2n) is 7.04. The fraction of sp³-hybridized carbons (Fsp3) is 0.381. The minimum atomic E-state index is -0.137. The predicted octanol–water partition coefficient (Wildman–Crippen LogP) is 2.29. The van der Waals surface area contributed by atoms with Gasteiger partial charge in [-0.25, -0.2) is 0 Å². The molecule has 2 aliphatic heterocycles. The Hall–Kier alpha value is -2.37. The number of fused-ring (bicyclic) bond motifs is 1. The number of nitrogens with zero attached hydrogens (tertiary/aromatic N) is 1. The highest BCUT2D eigenvalue weighted by atomic mass is 16.5. The van der Waals surface area contributed by atoms with Crippen molar-refractivity contribution in [3.63, 3.8) is 0 Å². The molecule has 2 unspecified atom stereocenters. The molecule has 1 amide bonds. The monoisotopic (exact) mass is 351 g/mol. The van der Waals surface area contributed by atoms with E-state index in [1.165, 1.54) is 5.56 Å². The highest BCUT2D eigenvalue weighted by Crippen LogP contribution is 2.36. The van der Waals surface area contributed by atoms with Gasteiger partial charge in [-0.15, -0.1) is 0 Å². The second kappa shape index (κ2) is 7.48. The topological polar surface area (TPSA) is 67.6 Å². The Morgan fingerprint density at radius 2 is 1.85 bits per heavy atom. The van der Waals surface area contributed by atoms with Gasteiger partial charge in [0, 0.05) is 18.8 Å². The summed E-state index contributed by atoms with van der Waals surface area (Å²) in [6.45, 7) is 4.37. The van der Waals surface area contributed by atoms with Crippen LogP contribution in [0.25, 0.3) is 0 Å². The lowest BCUT2D eigenvalue weighted by atomic mass is 9.82. The zero-order valence-electron chi connectivity index (χ0n) is 14.9. The summed E-state index contributed by atoms with van der Waals surface area (Å²) in [6.07, 6.45) is 0.826. The number of nitrogens with two attached hydrogens (primary N) is 1. The average Bonchev–Trinajstić information content (AvgIpc) is 2.67. The molecule has 2 aromatic rings. The number of morpholine rings is 1. The summed E-state index contributed by atoms with van der Waals surface area (Å²) in [5.41, 5.74) is 9.99. The molecule has 5 nitrogen and oxygen atoms in total. The van der Waals surface area contributed by atoms with Crippen LogP contribution in [0.5, 0.6) is 0 Å². The first-order valence-corrected chi connectivity index (χ1v) is 9.27. The first-order chi connectivity index (χ1) is 12.7. The van der Waals surface area contributed by atoms with E-state index in [-0.39, 0.29) is 17.9 Å². The Morgan fingerprint density at radius 1 is 1.08 bits per heavy atom. The van der Waals surface area contributed by atoms with Crippen molar-refractivity contribution >= 4 is 11.6 Å². The maximum absolute atomic E-state index is 12.9. The minimum absolute atomic E-state index is 0.101. The molecule has 2 aliphatic rings. The first-order valence-electron chi connectivity index (χ1n) is 9.27. The maximum Gasteiger partial charge on any atom is 0.228 e. The van der Waals surface area contributed by atoms with Gasteiger partial charge in [-0.2, -0.15) is 0 Å². The highest BCUT2D eigenvalue weighted by Gasteiger charge is 2.33. The maximum atomic E-state index is 12.9. The van der Waals surface area contributed by atoms with Crippen LogP contribution in [0.3, 0.4) is 0 Å². The van der Waals surface area contributed by atoms with E-state index in [2.05, 4.69) is 22.3 Å². The number of rotatable bonds is 4. The fourth-order valence-corrected chi connectivity index (χ4v) is 3.98. The Labute approximate surface area is 154 Å². The van der Waals surface area contributed by atoms with Crippen molar-refractivity contribution in [3.8, 4) is 0 Å². The SMILES string of the molecule is Nc1cccc(C2NC(=O)C(CCN3CCOCC3)c3ccccc32)c1. The predicted molar refractivity (Wildman–Crippen MR) is 102 cm³/mol.